The van der Waals surface area contributed by atoms with Gasteiger partial charge in [-0.25, -0.2) is 4.79 Å². The van der Waals surface area contributed by atoms with E-state index in [1.54, 1.807) is 23.8 Å². The first-order valence-corrected chi connectivity index (χ1v) is 6.45. The molecule has 0 atom stereocenters. The number of hydrogen-bond acceptors (Lipinski definition) is 4. The second-order valence-electron chi connectivity index (χ2n) is 4.27. The highest BCUT2D eigenvalue weighted by molar-refractivity contribution is 5.94. The van der Waals surface area contributed by atoms with Crippen LogP contribution in [0.2, 0.25) is 0 Å². The quantitative estimate of drug-likeness (QED) is 0.821. The van der Waals surface area contributed by atoms with Crippen LogP contribution in [0.15, 0.2) is 42.6 Å². The molecular weight excluding hydrogens is 256 g/mol. The summed E-state index contributed by atoms with van der Waals surface area (Å²) in [4.78, 5) is 11.6. The summed E-state index contributed by atoms with van der Waals surface area (Å²) in [7, 11) is 0. The average molecular weight is 274 g/mol. The Labute approximate surface area is 117 Å². The van der Waals surface area contributed by atoms with Gasteiger partial charge in [0.15, 0.2) is 0 Å². The number of anilines is 1. The normalized spacial score (nSPS) is 10.4. The molecule has 0 aliphatic heterocycles. The molecule has 106 valence electrons. The van der Waals surface area contributed by atoms with Crippen LogP contribution in [0.25, 0.3) is 0 Å². The standard InChI is InChI=1S/C15H18N2O3/c1-2-20-15(18)13-8-9-17(14(13)16)11-19-10-12-6-4-3-5-7-12/h3-9H,2,10-11,16H2,1H3. The summed E-state index contributed by atoms with van der Waals surface area (Å²) in [5.41, 5.74) is 7.35. The van der Waals surface area contributed by atoms with Crippen LogP contribution in [0.1, 0.15) is 22.8 Å². The first kappa shape index (κ1) is 14.1. The molecule has 0 aliphatic rings. The Morgan fingerprint density at radius 3 is 2.70 bits per heavy atom. The minimum absolute atomic E-state index is 0.292. The van der Waals surface area contributed by atoms with Gasteiger partial charge in [-0.1, -0.05) is 30.3 Å². The van der Waals surface area contributed by atoms with Crippen molar-refractivity contribution in [3.63, 3.8) is 0 Å². The zero-order valence-electron chi connectivity index (χ0n) is 11.4. The molecule has 0 saturated carbocycles. The van der Waals surface area contributed by atoms with Gasteiger partial charge in [0.1, 0.15) is 18.1 Å². The number of carbonyl (C=O) groups excluding carboxylic acids is 1. The molecule has 5 nitrogen and oxygen atoms in total. The van der Waals surface area contributed by atoms with Crippen molar-refractivity contribution in [2.24, 2.45) is 0 Å². The Balaban J connectivity index is 1.92. The Bertz CT molecular complexity index is 564. The van der Waals surface area contributed by atoms with E-state index in [1.807, 2.05) is 30.3 Å². The molecule has 0 amide bonds. The second-order valence-corrected chi connectivity index (χ2v) is 4.27. The van der Waals surface area contributed by atoms with E-state index < -0.39 is 5.97 Å². The zero-order valence-corrected chi connectivity index (χ0v) is 11.4. The Hall–Kier alpha value is -2.27. The zero-order chi connectivity index (χ0) is 14.4. The van der Waals surface area contributed by atoms with E-state index in [0.29, 0.717) is 31.3 Å². The first-order valence-electron chi connectivity index (χ1n) is 6.45. The third-order valence-corrected chi connectivity index (χ3v) is 2.84. The predicted molar refractivity (Wildman–Crippen MR) is 76.0 cm³/mol. The highest BCUT2D eigenvalue weighted by Crippen LogP contribution is 2.15. The second kappa shape index (κ2) is 6.77. The van der Waals surface area contributed by atoms with Crippen LogP contribution in [0, 0.1) is 0 Å². The number of esters is 1. The molecular formula is C15H18N2O3. The van der Waals surface area contributed by atoms with Crippen molar-refractivity contribution in [1.29, 1.82) is 0 Å². The lowest BCUT2D eigenvalue weighted by molar-refractivity contribution is 0.0525. The van der Waals surface area contributed by atoms with Crippen LogP contribution in [0.3, 0.4) is 0 Å². The number of carbonyl (C=O) groups is 1. The van der Waals surface area contributed by atoms with E-state index in [9.17, 15) is 4.79 Å². The maximum Gasteiger partial charge on any atom is 0.341 e. The molecule has 2 rings (SSSR count). The number of hydrogen-bond donors (Lipinski definition) is 1. The summed E-state index contributed by atoms with van der Waals surface area (Å²) in [5.74, 6) is -0.0525. The molecule has 0 aliphatic carbocycles. The predicted octanol–water partition coefficient (Wildman–Crippen LogP) is 2.42. The molecule has 2 N–H and O–H groups in total. The molecule has 2 aromatic rings. The van der Waals surface area contributed by atoms with Gasteiger partial charge < -0.3 is 19.8 Å². The minimum Gasteiger partial charge on any atom is -0.462 e. The van der Waals surface area contributed by atoms with Gasteiger partial charge in [0.25, 0.3) is 0 Å². The monoisotopic (exact) mass is 274 g/mol. The number of ether oxygens (including phenoxy) is 2. The number of rotatable bonds is 6. The maximum absolute atomic E-state index is 11.6. The smallest absolute Gasteiger partial charge is 0.341 e. The molecule has 0 fully saturated rings. The molecule has 20 heavy (non-hydrogen) atoms. The van der Waals surface area contributed by atoms with Gasteiger partial charge in [-0.2, -0.15) is 0 Å². The van der Waals surface area contributed by atoms with Gasteiger partial charge in [0, 0.05) is 6.20 Å². The van der Waals surface area contributed by atoms with Crippen molar-refractivity contribution in [2.75, 3.05) is 12.3 Å². The van der Waals surface area contributed by atoms with Crippen molar-refractivity contribution in [1.82, 2.24) is 4.57 Å². The molecule has 0 spiro atoms. The van der Waals surface area contributed by atoms with Gasteiger partial charge in [0.05, 0.1) is 13.2 Å². The van der Waals surface area contributed by atoms with Crippen molar-refractivity contribution in [2.45, 2.75) is 20.3 Å². The number of nitrogen functional groups attached to an aromatic ring is 1. The summed E-state index contributed by atoms with van der Waals surface area (Å²) in [6.07, 6.45) is 1.71. The third-order valence-electron chi connectivity index (χ3n) is 2.84. The largest absolute Gasteiger partial charge is 0.462 e. The summed E-state index contributed by atoms with van der Waals surface area (Å²) in [6, 6.07) is 11.5. The van der Waals surface area contributed by atoms with Gasteiger partial charge in [-0.05, 0) is 18.6 Å². The van der Waals surface area contributed by atoms with Crippen molar-refractivity contribution >= 4 is 11.8 Å². The number of nitrogens with two attached hydrogens (primary N) is 1. The van der Waals surface area contributed by atoms with E-state index >= 15 is 0 Å². The summed E-state index contributed by atoms with van der Waals surface area (Å²) in [5, 5.41) is 0. The minimum atomic E-state index is -0.410. The molecule has 1 aromatic heterocycles. The lowest BCUT2D eigenvalue weighted by Gasteiger charge is -2.08. The molecule has 5 heteroatoms. The SMILES string of the molecule is CCOC(=O)c1ccn(COCc2ccccc2)c1N. The molecule has 0 saturated heterocycles. The molecule has 1 heterocycles. The van der Waals surface area contributed by atoms with Gasteiger partial charge in [-0.3, -0.25) is 0 Å². The number of benzene rings is 1. The number of nitrogens with zero attached hydrogens (tertiary/aromatic N) is 1. The fourth-order valence-corrected chi connectivity index (χ4v) is 1.82. The molecule has 1 aromatic carbocycles. The summed E-state index contributed by atoms with van der Waals surface area (Å²) in [6.45, 7) is 2.87. The fraction of sp³-hybridized carbons (Fsp3) is 0.267. The lowest BCUT2D eigenvalue weighted by Crippen LogP contribution is -2.10. The van der Waals surface area contributed by atoms with E-state index in [4.69, 9.17) is 15.2 Å². The van der Waals surface area contributed by atoms with E-state index in [-0.39, 0.29) is 0 Å². The average Bonchev–Trinajstić information content (AvgIpc) is 2.82. The van der Waals surface area contributed by atoms with E-state index in [1.165, 1.54) is 0 Å². The fourth-order valence-electron chi connectivity index (χ4n) is 1.82. The van der Waals surface area contributed by atoms with Crippen molar-refractivity contribution in [3.8, 4) is 0 Å². The third kappa shape index (κ3) is 3.39. The Kier molecular flexibility index (Phi) is 4.79. The van der Waals surface area contributed by atoms with Crippen LogP contribution in [-0.2, 0) is 22.8 Å². The van der Waals surface area contributed by atoms with Crippen LogP contribution < -0.4 is 5.73 Å². The van der Waals surface area contributed by atoms with Crippen LogP contribution in [-0.4, -0.2) is 17.1 Å². The molecule has 0 bridgehead atoms. The van der Waals surface area contributed by atoms with E-state index in [0.717, 1.165) is 5.56 Å². The van der Waals surface area contributed by atoms with Gasteiger partial charge in [0.2, 0.25) is 0 Å². The lowest BCUT2D eigenvalue weighted by atomic mass is 10.2. The van der Waals surface area contributed by atoms with Crippen molar-refractivity contribution in [3.05, 3.63) is 53.7 Å². The Morgan fingerprint density at radius 1 is 1.25 bits per heavy atom. The van der Waals surface area contributed by atoms with Crippen LogP contribution in [0.5, 0.6) is 0 Å². The highest BCUT2D eigenvalue weighted by Gasteiger charge is 2.14. The van der Waals surface area contributed by atoms with E-state index in [2.05, 4.69) is 0 Å². The first-order chi connectivity index (χ1) is 9.72. The Morgan fingerprint density at radius 2 is 2.00 bits per heavy atom. The van der Waals surface area contributed by atoms with Crippen LogP contribution in [0.4, 0.5) is 5.82 Å². The maximum atomic E-state index is 11.6. The van der Waals surface area contributed by atoms with Gasteiger partial charge >= 0.3 is 5.97 Å². The molecule has 0 unspecified atom stereocenters. The topological polar surface area (TPSA) is 66.5 Å². The van der Waals surface area contributed by atoms with Crippen molar-refractivity contribution < 1.29 is 14.3 Å². The van der Waals surface area contributed by atoms with Gasteiger partial charge in [-0.15, -0.1) is 0 Å². The summed E-state index contributed by atoms with van der Waals surface area (Å²) < 4.78 is 12.2. The van der Waals surface area contributed by atoms with Crippen LogP contribution >= 0.6 is 0 Å². The number of aromatic nitrogens is 1. The molecule has 0 radical (unpaired) electrons. The summed E-state index contributed by atoms with van der Waals surface area (Å²) >= 11 is 0. The highest BCUT2D eigenvalue weighted by atomic mass is 16.5.